The maximum atomic E-state index is 14.3. The van der Waals surface area contributed by atoms with Gasteiger partial charge in [0, 0.05) is 12.1 Å². The highest BCUT2D eigenvalue weighted by Crippen LogP contribution is 2.41. The Morgan fingerprint density at radius 3 is 2.48 bits per heavy atom. The van der Waals surface area contributed by atoms with Crippen molar-refractivity contribution in [3.8, 4) is 16.9 Å². The highest BCUT2D eigenvalue weighted by molar-refractivity contribution is 7.92. The van der Waals surface area contributed by atoms with Crippen molar-refractivity contribution in [2.45, 2.75) is 17.2 Å². The molecular weight excluding hydrogens is 467 g/mol. The molecule has 0 unspecified atom stereocenters. The minimum atomic E-state index is -4.74. The summed E-state index contributed by atoms with van der Waals surface area (Å²) in [5.41, 5.74) is 4.55. The number of rotatable bonds is 4. The molecule has 0 radical (unpaired) electrons. The predicted octanol–water partition coefficient (Wildman–Crippen LogP) is 4.57. The number of hydrogen-bond donors (Lipinski definition) is 1. The van der Waals surface area contributed by atoms with E-state index in [1.807, 2.05) is 0 Å². The van der Waals surface area contributed by atoms with Crippen LogP contribution < -0.4 is 14.8 Å². The molecule has 0 saturated heterocycles. The Hall–Kier alpha value is -3.18. The molecule has 1 aliphatic rings. The van der Waals surface area contributed by atoms with Crippen molar-refractivity contribution in [2.75, 3.05) is 17.4 Å². The maximum Gasteiger partial charge on any atom is 0.416 e. The van der Waals surface area contributed by atoms with E-state index in [0.717, 1.165) is 40.7 Å². The monoisotopic (exact) mass is 484 g/mol. The van der Waals surface area contributed by atoms with Gasteiger partial charge in [-0.15, -0.1) is 0 Å². The zero-order valence-electron chi connectivity index (χ0n) is 16.8. The summed E-state index contributed by atoms with van der Waals surface area (Å²) in [7, 11) is -4.49. The number of halogens is 5. The maximum absolute atomic E-state index is 14.3. The molecule has 11 heteroatoms. The average molecular weight is 484 g/mol. The van der Waals surface area contributed by atoms with E-state index in [1.54, 1.807) is 0 Å². The molecular formula is C22H17F5N2O3S. The molecule has 1 heterocycles. The highest BCUT2D eigenvalue weighted by atomic mass is 32.2. The number of hydrogen-bond acceptors (Lipinski definition) is 4. The third-order valence-corrected chi connectivity index (χ3v) is 6.92. The number of nitrogens with two attached hydrogens (primary N) is 1. The number of ether oxygens (including phenoxy) is 1. The van der Waals surface area contributed by atoms with Gasteiger partial charge in [0.2, 0.25) is 0 Å². The van der Waals surface area contributed by atoms with E-state index in [1.165, 1.54) is 18.2 Å². The van der Waals surface area contributed by atoms with E-state index in [2.05, 4.69) is 0 Å². The topological polar surface area (TPSA) is 72.6 Å². The third-order valence-electron chi connectivity index (χ3n) is 5.14. The molecule has 4 rings (SSSR count). The largest absolute Gasteiger partial charge is 0.485 e. The Balaban J connectivity index is 1.85. The molecule has 0 amide bonds. The zero-order valence-corrected chi connectivity index (χ0v) is 17.6. The molecule has 3 aromatic carbocycles. The molecule has 2 N–H and O–H groups in total. The molecule has 174 valence electrons. The summed E-state index contributed by atoms with van der Waals surface area (Å²) in [5, 5.41) is 0. The minimum Gasteiger partial charge on any atom is -0.485 e. The second-order valence-electron chi connectivity index (χ2n) is 7.34. The first-order valence-corrected chi connectivity index (χ1v) is 11.1. The lowest BCUT2D eigenvalue weighted by Crippen LogP contribution is -2.46. The number of sulfonamides is 1. The SMILES string of the molecule is NC[C@H]1CN(S(=O)(=O)c2cccc(C(F)(F)F)c2)c2cc(-c3cc(F)ccc3F)ccc2O1. The summed E-state index contributed by atoms with van der Waals surface area (Å²) in [6, 6.07) is 10.3. The molecule has 5 nitrogen and oxygen atoms in total. The first-order valence-electron chi connectivity index (χ1n) is 9.67. The molecule has 0 aliphatic carbocycles. The van der Waals surface area contributed by atoms with Gasteiger partial charge in [-0.25, -0.2) is 17.2 Å². The van der Waals surface area contributed by atoms with Gasteiger partial charge in [0.1, 0.15) is 23.5 Å². The van der Waals surface area contributed by atoms with Crippen molar-refractivity contribution in [2.24, 2.45) is 5.73 Å². The predicted molar refractivity (Wildman–Crippen MR) is 111 cm³/mol. The van der Waals surface area contributed by atoms with Crippen LogP contribution in [0.4, 0.5) is 27.6 Å². The standard InChI is InChI=1S/C22H17F5N2O3S/c23-15-5-6-19(24)18(10-15)13-4-7-21-20(8-13)29(12-16(11-28)32-21)33(30,31)17-3-1-2-14(9-17)22(25,26)27/h1-10,16H,11-12,28H2/t16-/m0/s1. The number of alkyl halides is 3. The van der Waals surface area contributed by atoms with Gasteiger partial charge in [0.15, 0.2) is 0 Å². The quantitative estimate of drug-likeness (QED) is 0.551. The van der Waals surface area contributed by atoms with E-state index in [-0.39, 0.29) is 35.7 Å². The Morgan fingerprint density at radius 1 is 1.03 bits per heavy atom. The summed E-state index contributed by atoms with van der Waals surface area (Å²) in [6.07, 6.45) is -5.51. The van der Waals surface area contributed by atoms with Gasteiger partial charge in [-0.05, 0) is 54.1 Å². The third kappa shape index (κ3) is 4.38. The number of nitrogens with zero attached hydrogens (tertiary/aromatic N) is 1. The fraction of sp³-hybridized carbons (Fsp3) is 0.182. The molecule has 0 spiro atoms. The van der Waals surface area contributed by atoms with Crippen LogP contribution in [0.3, 0.4) is 0 Å². The van der Waals surface area contributed by atoms with Crippen LogP contribution in [0.15, 0.2) is 65.6 Å². The van der Waals surface area contributed by atoms with E-state index < -0.39 is 44.4 Å². The van der Waals surface area contributed by atoms with E-state index in [9.17, 15) is 30.4 Å². The van der Waals surface area contributed by atoms with Crippen LogP contribution in [0.5, 0.6) is 5.75 Å². The Kier molecular flexibility index (Phi) is 5.79. The van der Waals surface area contributed by atoms with Gasteiger partial charge in [-0.2, -0.15) is 13.2 Å². The fourth-order valence-electron chi connectivity index (χ4n) is 3.51. The van der Waals surface area contributed by atoms with Crippen molar-refractivity contribution in [1.82, 2.24) is 0 Å². The molecule has 0 bridgehead atoms. The summed E-state index contributed by atoms with van der Waals surface area (Å²) in [5.74, 6) is -1.34. The molecule has 1 aliphatic heterocycles. The van der Waals surface area contributed by atoms with Crippen molar-refractivity contribution in [3.63, 3.8) is 0 Å². The minimum absolute atomic E-state index is 0.0294. The molecule has 0 saturated carbocycles. The molecule has 33 heavy (non-hydrogen) atoms. The summed E-state index contributed by atoms with van der Waals surface area (Å²) in [4.78, 5) is -0.580. The highest BCUT2D eigenvalue weighted by Gasteiger charge is 2.37. The summed E-state index contributed by atoms with van der Waals surface area (Å²) >= 11 is 0. The Morgan fingerprint density at radius 2 is 1.79 bits per heavy atom. The molecule has 3 aromatic rings. The van der Waals surface area contributed by atoms with E-state index in [0.29, 0.717) is 6.07 Å². The first kappa shape index (κ1) is 23.0. The second kappa shape index (κ2) is 8.31. The number of fused-ring (bicyclic) bond motifs is 1. The summed E-state index contributed by atoms with van der Waals surface area (Å²) < 4.78 is 101. The van der Waals surface area contributed by atoms with Crippen LogP contribution >= 0.6 is 0 Å². The van der Waals surface area contributed by atoms with Gasteiger partial charge in [0.25, 0.3) is 10.0 Å². The van der Waals surface area contributed by atoms with Gasteiger partial charge >= 0.3 is 6.18 Å². The normalized spacial score (nSPS) is 16.3. The van der Waals surface area contributed by atoms with Crippen LogP contribution in [0.2, 0.25) is 0 Å². The van der Waals surface area contributed by atoms with Crippen LogP contribution in [-0.4, -0.2) is 27.6 Å². The van der Waals surface area contributed by atoms with Crippen LogP contribution in [-0.2, 0) is 16.2 Å². The Bertz CT molecular complexity index is 1310. The molecule has 0 aromatic heterocycles. The summed E-state index contributed by atoms with van der Waals surface area (Å²) in [6.45, 7) is -0.342. The van der Waals surface area contributed by atoms with Gasteiger partial charge < -0.3 is 10.5 Å². The lowest BCUT2D eigenvalue weighted by atomic mass is 10.0. The average Bonchev–Trinajstić information content (AvgIpc) is 2.79. The van der Waals surface area contributed by atoms with Crippen LogP contribution in [0.1, 0.15) is 5.56 Å². The van der Waals surface area contributed by atoms with E-state index in [4.69, 9.17) is 10.5 Å². The van der Waals surface area contributed by atoms with Gasteiger partial charge in [0.05, 0.1) is 22.7 Å². The van der Waals surface area contributed by atoms with E-state index >= 15 is 0 Å². The van der Waals surface area contributed by atoms with Crippen molar-refractivity contribution in [1.29, 1.82) is 0 Å². The first-order chi connectivity index (χ1) is 15.5. The lowest BCUT2D eigenvalue weighted by Gasteiger charge is -2.35. The number of anilines is 1. The van der Waals surface area contributed by atoms with Crippen molar-refractivity contribution in [3.05, 3.63) is 77.9 Å². The zero-order chi connectivity index (χ0) is 24.0. The second-order valence-corrected chi connectivity index (χ2v) is 9.21. The smallest absolute Gasteiger partial charge is 0.416 e. The fourth-order valence-corrected chi connectivity index (χ4v) is 5.05. The Labute approximate surface area is 186 Å². The number of benzene rings is 3. The van der Waals surface area contributed by atoms with Crippen LogP contribution in [0, 0.1) is 11.6 Å². The molecule has 0 fully saturated rings. The van der Waals surface area contributed by atoms with Crippen molar-refractivity contribution >= 4 is 15.7 Å². The van der Waals surface area contributed by atoms with Gasteiger partial charge in [-0.3, -0.25) is 4.31 Å². The van der Waals surface area contributed by atoms with Crippen molar-refractivity contribution < 1.29 is 35.1 Å². The molecule has 1 atom stereocenters. The van der Waals surface area contributed by atoms with Crippen LogP contribution in [0.25, 0.3) is 11.1 Å². The van der Waals surface area contributed by atoms with Gasteiger partial charge in [-0.1, -0.05) is 12.1 Å². The lowest BCUT2D eigenvalue weighted by molar-refractivity contribution is -0.137.